The molecule has 0 aliphatic heterocycles. The lowest BCUT2D eigenvalue weighted by atomic mass is 10.1. The number of nitrogens with zero attached hydrogens (tertiary/aromatic N) is 4. The maximum atomic E-state index is 14.0. The zero-order chi connectivity index (χ0) is 22.7. The Morgan fingerprint density at radius 3 is 2.56 bits per heavy atom. The Hall–Kier alpha value is -2.94. The van der Waals surface area contributed by atoms with Crippen molar-refractivity contribution in [2.75, 3.05) is 10.6 Å². The first-order chi connectivity index (χ1) is 15.4. The normalized spacial score (nSPS) is 10.9. The SMILES string of the molecule is Cc1ccccc1Cn1ccc(NC(=S)Nc2nn(Cc3c(F)cccc3Cl)cc2Cl)n1. The van der Waals surface area contributed by atoms with Crippen molar-refractivity contribution < 1.29 is 4.39 Å². The van der Waals surface area contributed by atoms with Gasteiger partial charge in [-0.05, 0) is 42.4 Å². The van der Waals surface area contributed by atoms with Crippen molar-refractivity contribution in [1.82, 2.24) is 19.6 Å². The molecule has 0 saturated heterocycles. The number of thiocarbonyl (C=S) groups is 1. The first-order valence-electron chi connectivity index (χ1n) is 9.71. The maximum absolute atomic E-state index is 14.0. The Morgan fingerprint density at radius 1 is 0.969 bits per heavy atom. The fraction of sp³-hybridized carbons (Fsp3) is 0.136. The van der Waals surface area contributed by atoms with Crippen molar-refractivity contribution in [1.29, 1.82) is 0 Å². The van der Waals surface area contributed by atoms with Crippen LogP contribution in [0, 0.1) is 12.7 Å². The van der Waals surface area contributed by atoms with E-state index in [0.717, 1.165) is 0 Å². The molecule has 0 aliphatic carbocycles. The molecule has 32 heavy (non-hydrogen) atoms. The Labute approximate surface area is 200 Å². The summed E-state index contributed by atoms with van der Waals surface area (Å²) < 4.78 is 17.4. The number of nitrogens with one attached hydrogen (secondary N) is 2. The molecule has 2 aromatic heterocycles. The van der Waals surface area contributed by atoms with E-state index < -0.39 is 5.82 Å². The van der Waals surface area contributed by atoms with Crippen LogP contribution in [0.3, 0.4) is 0 Å². The van der Waals surface area contributed by atoms with Crippen LogP contribution in [0.15, 0.2) is 60.9 Å². The third kappa shape index (κ3) is 5.27. The number of aryl methyl sites for hydroxylation is 1. The quantitative estimate of drug-likeness (QED) is 0.339. The van der Waals surface area contributed by atoms with E-state index in [2.05, 4.69) is 39.9 Å². The molecule has 2 aromatic carbocycles. The van der Waals surface area contributed by atoms with Gasteiger partial charge in [0.05, 0.1) is 13.1 Å². The second kappa shape index (κ2) is 9.68. The molecule has 2 heterocycles. The van der Waals surface area contributed by atoms with Gasteiger partial charge in [0.15, 0.2) is 16.7 Å². The number of halogens is 3. The molecule has 0 aliphatic rings. The van der Waals surface area contributed by atoms with Crippen LogP contribution in [0.4, 0.5) is 16.0 Å². The van der Waals surface area contributed by atoms with Gasteiger partial charge in [-0.15, -0.1) is 0 Å². The summed E-state index contributed by atoms with van der Waals surface area (Å²) in [7, 11) is 0. The monoisotopic (exact) mass is 488 g/mol. The van der Waals surface area contributed by atoms with E-state index in [9.17, 15) is 4.39 Å². The third-order valence-electron chi connectivity index (χ3n) is 4.81. The molecule has 0 bridgehead atoms. The maximum Gasteiger partial charge on any atom is 0.177 e. The average Bonchev–Trinajstić information content (AvgIpc) is 3.32. The highest BCUT2D eigenvalue weighted by atomic mass is 35.5. The molecule has 164 valence electrons. The van der Waals surface area contributed by atoms with Crippen molar-refractivity contribution in [3.05, 3.63) is 93.5 Å². The number of benzene rings is 2. The molecule has 10 heteroatoms. The standard InChI is InChI=1S/C22H19Cl2FN6S/c1-14-5-2-3-6-15(14)11-30-10-9-20(28-30)26-22(32)27-21-18(24)13-31(29-21)12-16-17(23)7-4-8-19(16)25/h2-10,13H,11-12H2,1H3,(H2,26,27,28,29,32). The molecular weight excluding hydrogens is 470 g/mol. The molecule has 4 aromatic rings. The van der Waals surface area contributed by atoms with Crippen LogP contribution in [-0.4, -0.2) is 24.7 Å². The van der Waals surface area contributed by atoms with E-state index in [4.69, 9.17) is 35.4 Å². The summed E-state index contributed by atoms with van der Waals surface area (Å²) >= 11 is 17.7. The molecule has 6 nitrogen and oxygen atoms in total. The molecule has 0 fully saturated rings. The van der Waals surface area contributed by atoms with Crippen molar-refractivity contribution >= 4 is 52.2 Å². The minimum Gasteiger partial charge on any atom is -0.316 e. The third-order valence-corrected chi connectivity index (χ3v) is 5.64. The summed E-state index contributed by atoms with van der Waals surface area (Å²) in [6.45, 7) is 2.86. The summed E-state index contributed by atoms with van der Waals surface area (Å²) in [6.07, 6.45) is 3.45. The lowest BCUT2D eigenvalue weighted by molar-refractivity contribution is 0.586. The molecule has 0 atom stereocenters. The summed E-state index contributed by atoms with van der Waals surface area (Å²) in [5, 5.41) is 15.7. The van der Waals surface area contributed by atoms with E-state index in [1.54, 1.807) is 18.3 Å². The first kappa shape index (κ1) is 22.3. The second-order valence-corrected chi connectivity index (χ2v) is 8.35. The van der Waals surface area contributed by atoms with E-state index in [-0.39, 0.29) is 11.7 Å². The van der Waals surface area contributed by atoms with Crippen LogP contribution in [-0.2, 0) is 13.1 Å². The summed E-state index contributed by atoms with van der Waals surface area (Å²) in [4.78, 5) is 0. The van der Waals surface area contributed by atoms with Crippen LogP contribution < -0.4 is 10.6 Å². The second-order valence-electron chi connectivity index (χ2n) is 7.13. The highest BCUT2D eigenvalue weighted by Gasteiger charge is 2.13. The van der Waals surface area contributed by atoms with Gasteiger partial charge in [-0.1, -0.05) is 53.5 Å². The minimum atomic E-state index is -0.405. The predicted octanol–water partition coefficient (Wildman–Crippen LogP) is 5.74. The van der Waals surface area contributed by atoms with Crippen LogP contribution in [0.25, 0.3) is 0 Å². The summed E-state index contributed by atoms with van der Waals surface area (Å²) in [6, 6.07) is 14.5. The van der Waals surface area contributed by atoms with Crippen molar-refractivity contribution in [3.8, 4) is 0 Å². The predicted molar refractivity (Wildman–Crippen MR) is 130 cm³/mol. The van der Waals surface area contributed by atoms with Gasteiger partial charge in [-0.25, -0.2) is 4.39 Å². The Bertz CT molecular complexity index is 1250. The Balaban J connectivity index is 1.39. The number of aromatic nitrogens is 4. The van der Waals surface area contributed by atoms with Crippen LogP contribution >= 0.6 is 35.4 Å². The van der Waals surface area contributed by atoms with E-state index >= 15 is 0 Å². The highest BCUT2D eigenvalue weighted by Crippen LogP contribution is 2.24. The smallest absolute Gasteiger partial charge is 0.177 e. The Morgan fingerprint density at radius 2 is 1.78 bits per heavy atom. The van der Waals surface area contributed by atoms with Crippen molar-refractivity contribution in [3.63, 3.8) is 0 Å². The molecule has 0 unspecified atom stereocenters. The van der Waals surface area contributed by atoms with Crippen molar-refractivity contribution in [2.24, 2.45) is 0 Å². The fourth-order valence-corrected chi connectivity index (χ4v) is 3.76. The van der Waals surface area contributed by atoms with Gasteiger partial charge in [0.1, 0.15) is 10.8 Å². The van der Waals surface area contributed by atoms with Gasteiger partial charge in [0.2, 0.25) is 0 Å². The van der Waals surface area contributed by atoms with Crippen LogP contribution in [0.5, 0.6) is 0 Å². The molecule has 4 rings (SSSR count). The molecule has 0 spiro atoms. The average molecular weight is 489 g/mol. The van der Waals surface area contributed by atoms with Gasteiger partial charge in [-0.2, -0.15) is 10.2 Å². The molecule has 0 amide bonds. The number of hydrogen-bond acceptors (Lipinski definition) is 3. The van der Waals surface area contributed by atoms with E-state index in [1.807, 2.05) is 29.1 Å². The number of anilines is 2. The number of hydrogen-bond donors (Lipinski definition) is 2. The molecular formula is C22H19Cl2FN6S. The minimum absolute atomic E-state index is 0.135. The zero-order valence-electron chi connectivity index (χ0n) is 17.0. The lowest BCUT2D eigenvalue weighted by Gasteiger charge is -2.08. The van der Waals surface area contributed by atoms with Gasteiger partial charge in [-0.3, -0.25) is 9.36 Å². The number of rotatable bonds is 6. The fourth-order valence-electron chi connectivity index (χ4n) is 3.14. The summed E-state index contributed by atoms with van der Waals surface area (Å²) in [5.41, 5.74) is 2.73. The van der Waals surface area contributed by atoms with Crippen LogP contribution in [0.1, 0.15) is 16.7 Å². The van der Waals surface area contributed by atoms with Crippen molar-refractivity contribution in [2.45, 2.75) is 20.0 Å². The zero-order valence-corrected chi connectivity index (χ0v) is 19.3. The van der Waals surface area contributed by atoms with E-state index in [0.29, 0.717) is 33.8 Å². The topological polar surface area (TPSA) is 59.7 Å². The van der Waals surface area contributed by atoms with Gasteiger partial charge >= 0.3 is 0 Å². The van der Waals surface area contributed by atoms with Crippen LogP contribution in [0.2, 0.25) is 10.0 Å². The Kier molecular flexibility index (Phi) is 6.74. The molecule has 2 N–H and O–H groups in total. The lowest BCUT2D eigenvalue weighted by Crippen LogP contribution is -2.20. The summed E-state index contributed by atoms with van der Waals surface area (Å²) in [5.74, 6) is 0.526. The highest BCUT2D eigenvalue weighted by molar-refractivity contribution is 7.80. The van der Waals surface area contributed by atoms with Gasteiger partial charge in [0.25, 0.3) is 0 Å². The molecule has 0 saturated carbocycles. The first-order valence-corrected chi connectivity index (χ1v) is 10.9. The molecule has 0 radical (unpaired) electrons. The van der Waals surface area contributed by atoms with Gasteiger partial charge < -0.3 is 10.6 Å². The van der Waals surface area contributed by atoms with E-state index in [1.165, 1.54) is 21.9 Å². The largest absolute Gasteiger partial charge is 0.316 e. The van der Waals surface area contributed by atoms with Gasteiger partial charge in [0, 0.05) is 29.0 Å².